The third-order valence-electron chi connectivity index (χ3n) is 7.56. The number of ether oxygens (including phenoxy) is 2. The lowest BCUT2D eigenvalue weighted by Crippen LogP contribution is -2.70. The molecule has 5 fully saturated rings. The Morgan fingerprint density at radius 1 is 1.00 bits per heavy atom. The summed E-state index contributed by atoms with van der Waals surface area (Å²) in [5.41, 5.74) is -0.466. The largest absolute Gasteiger partial charge is 0.333 e. The summed E-state index contributed by atoms with van der Waals surface area (Å²) in [6, 6.07) is 0. The summed E-state index contributed by atoms with van der Waals surface area (Å²) in [6.45, 7) is 8.85. The van der Waals surface area contributed by atoms with Gasteiger partial charge >= 0.3 is 0 Å². The minimum Gasteiger partial charge on any atom is -0.333 e. The second-order valence-corrected chi connectivity index (χ2v) is 9.46. The van der Waals surface area contributed by atoms with Crippen LogP contribution in [0.3, 0.4) is 0 Å². The topological polar surface area (TPSA) is 36.9 Å². The highest BCUT2D eigenvalue weighted by molar-refractivity contribution is 5.16. The van der Waals surface area contributed by atoms with Crippen LogP contribution < -0.4 is 0 Å². The van der Waals surface area contributed by atoms with Crippen LogP contribution in [0.2, 0.25) is 0 Å². The van der Waals surface area contributed by atoms with Crippen molar-refractivity contribution in [3.05, 3.63) is 0 Å². The first kappa shape index (κ1) is 19.7. The molecule has 4 heteroatoms. The molecule has 152 valence electrons. The molecule has 5 rings (SSSR count). The third-order valence-corrected chi connectivity index (χ3v) is 7.56. The maximum atomic E-state index is 6.48. The number of fused-ring (bicyclic) bond motifs is 2. The normalized spacial score (nSPS) is 48.3. The predicted octanol–water partition coefficient (Wildman–Crippen LogP) is 5.21. The number of hydrogen-bond donors (Lipinski definition) is 0. The summed E-state index contributed by atoms with van der Waals surface area (Å²) < 4.78 is 12.9. The lowest BCUT2D eigenvalue weighted by atomic mass is 9.57. The Balaban J connectivity index is 1.54. The number of rotatable bonds is 4. The maximum absolute atomic E-state index is 6.48. The minimum absolute atomic E-state index is 0.0718. The molecule has 8 atom stereocenters. The van der Waals surface area contributed by atoms with Gasteiger partial charge in [-0.25, -0.2) is 9.78 Å². The first-order valence-electron chi connectivity index (χ1n) is 11.2. The molecule has 0 aromatic heterocycles. The van der Waals surface area contributed by atoms with Gasteiger partial charge in [-0.2, -0.15) is 0 Å². The second kappa shape index (κ2) is 7.67. The summed E-state index contributed by atoms with van der Waals surface area (Å²) in [7, 11) is 0. The Bertz CT molecular complexity index is 595. The highest BCUT2D eigenvalue weighted by Crippen LogP contribution is 2.60. The Morgan fingerprint density at radius 3 is 2.67 bits per heavy atom. The van der Waals surface area contributed by atoms with E-state index in [0.717, 1.165) is 25.7 Å². The smallest absolute Gasteiger partial charge is 0.201 e. The standard InChI is InChI=1S/C23H36O4/c1-5-6-7-8-9-10-11-20-17(3)19-13-12-16(2)18-14-15-22(4)25-21(24-20)23(18,19)27-26-22/h16-21H,5-9,12-15H2,1-4H3/t16-,17-,18+,19+,20-,21-,22?,23-/m1/s1. The van der Waals surface area contributed by atoms with E-state index in [2.05, 4.69) is 32.6 Å². The van der Waals surface area contributed by atoms with Gasteiger partial charge in [0.15, 0.2) is 11.9 Å². The fourth-order valence-corrected chi connectivity index (χ4v) is 5.88. The molecular weight excluding hydrogens is 340 g/mol. The summed E-state index contributed by atoms with van der Waals surface area (Å²) in [6.07, 6.45) is 9.86. The van der Waals surface area contributed by atoms with Crippen molar-refractivity contribution < 1.29 is 19.2 Å². The number of unbranched alkanes of at least 4 members (excludes halogenated alkanes) is 4. The fraction of sp³-hybridized carbons (Fsp3) is 0.913. The summed E-state index contributed by atoms with van der Waals surface area (Å²) in [4.78, 5) is 12.0. The third kappa shape index (κ3) is 3.35. The zero-order chi connectivity index (χ0) is 19.1. The predicted molar refractivity (Wildman–Crippen MR) is 103 cm³/mol. The van der Waals surface area contributed by atoms with Gasteiger partial charge in [-0.15, -0.1) is 5.92 Å². The molecule has 0 aromatic carbocycles. The van der Waals surface area contributed by atoms with E-state index in [1.165, 1.54) is 32.1 Å². The van der Waals surface area contributed by atoms with Crippen molar-refractivity contribution in [1.82, 2.24) is 0 Å². The SMILES string of the molecule is CCCCCCC#C[C@H]1O[C@@H]2OC3(C)CC[C@H]4[C@H](C)CC[C@@H]([C@H]1C)[C@@]24OO3. The molecule has 4 aliphatic heterocycles. The van der Waals surface area contributed by atoms with Crippen LogP contribution in [0.1, 0.15) is 85.5 Å². The Morgan fingerprint density at radius 2 is 1.85 bits per heavy atom. The van der Waals surface area contributed by atoms with Crippen LogP contribution in [0.5, 0.6) is 0 Å². The highest BCUT2D eigenvalue weighted by Gasteiger charge is 2.69. The van der Waals surface area contributed by atoms with E-state index in [4.69, 9.17) is 19.2 Å². The molecule has 1 aliphatic carbocycles. The van der Waals surface area contributed by atoms with Gasteiger partial charge in [0, 0.05) is 18.8 Å². The van der Waals surface area contributed by atoms with E-state index < -0.39 is 11.4 Å². The van der Waals surface area contributed by atoms with Gasteiger partial charge in [0.25, 0.3) is 0 Å². The van der Waals surface area contributed by atoms with E-state index >= 15 is 0 Å². The Kier molecular flexibility index (Phi) is 5.60. The molecule has 0 amide bonds. The van der Waals surface area contributed by atoms with Crippen molar-refractivity contribution in [2.24, 2.45) is 23.7 Å². The average Bonchev–Trinajstić information content (AvgIpc) is 2.88. The Hall–Kier alpha value is -0.600. The molecule has 4 nitrogen and oxygen atoms in total. The molecular formula is C23H36O4. The van der Waals surface area contributed by atoms with Crippen LogP contribution >= 0.6 is 0 Å². The van der Waals surface area contributed by atoms with Crippen molar-refractivity contribution in [3.8, 4) is 11.8 Å². The van der Waals surface area contributed by atoms with Crippen LogP contribution in [0.4, 0.5) is 0 Å². The van der Waals surface area contributed by atoms with Crippen molar-refractivity contribution in [3.63, 3.8) is 0 Å². The molecule has 4 saturated heterocycles. The summed E-state index contributed by atoms with van der Waals surface area (Å²) in [5, 5.41) is 0. The van der Waals surface area contributed by atoms with Gasteiger partial charge in [-0.05, 0) is 50.4 Å². The zero-order valence-electron chi connectivity index (χ0n) is 17.5. The second-order valence-electron chi connectivity index (χ2n) is 9.46. The fourth-order valence-electron chi connectivity index (χ4n) is 5.88. The zero-order valence-corrected chi connectivity index (χ0v) is 17.5. The molecule has 27 heavy (non-hydrogen) atoms. The molecule has 2 bridgehead atoms. The first-order chi connectivity index (χ1) is 13.0. The average molecular weight is 377 g/mol. The molecule has 1 unspecified atom stereocenters. The van der Waals surface area contributed by atoms with Crippen molar-refractivity contribution in [1.29, 1.82) is 0 Å². The van der Waals surface area contributed by atoms with Gasteiger partial charge in [-0.3, -0.25) is 0 Å². The van der Waals surface area contributed by atoms with Gasteiger partial charge in [0.05, 0.1) is 0 Å². The van der Waals surface area contributed by atoms with Gasteiger partial charge in [0.2, 0.25) is 5.79 Å². The van der Waals surface area contributed by atoms with E-state index in [1.54, 1.807) is 0 Å². The van der Waals surface area contributed by atoms with Crippen LogP contribution in [0, 0.1) is 35.5 Å². The van der Waals surface area contributed by atoms with Crippen molar-refractivity contribution >= 4 is 0 Å². The van der Waals surface area contributed by atoms with Crippen molar-refractivity contribution in [2.75, 3.05) is 0 Å². The summed E-state index contributed by atoms with van der Waals surface area (Å²) >= 11 is 0. The summed E-state index contributed by atoms with van der Waals surface area (Å²) in [5.74, 6) is 7.86. The quantitative estimate of drug-likeness (QED) is 0.383. The van der Waals surface area contributed by atoms with Crippen LogP contribution in [-0.4, -0.2) is 23.8 Å². The van der Waals surface area contributed by atoms with Gasteiger partial charge < -0.3 is 9.47 Å². The van der Waals surface area contributed by atoms with Gasteiger partial charge in [0.1, 0.15) is 6.10 Å². The van der Waals surface area contributed by atoms with Crippen LogP contribution in [0.15, 0.2) is 0 Å². The molecule has 5 aliphatic rings. The molecule has 1 saturated carbocycles. The molecule has 4 heterocycles. The minimum atomic E-state index is -0.698. The first-order valence-corrected chi connectivity index (χ1v) is 11.2. The van der Waals surface area contributed by atoms with E-state index in [0.29, 0.717) is 23.7 Å². The van der Waals surface area contributed by atoms with Crippen molar-refractivity contribution in [2.45, 2.75) is 109 Å². The maximum Gasteiger partial charge on any atom is 0.201 e. The van der Waals surface area contributed by atoms with E-state index in [9.17, 15) is 0 Å². The monoisotopic (exact) mass is 376 g/mol. The Labute approximate surface area is 164 Å². The lowest BCUT2D eigenvalue weighted by molar-refractivity contribution is -0.569. The molecule has 0 radical (unpaired) electrons. The van der Waals surface area contributed by atoms with E-state index in [-0.39, 0.29) is 12.4 Å². The highest BCUT2D eigenvalue weighted by atomic mass is 17.3. The molecule has 1 spiro atoms. The molecule has 0 aromatic rings. The lowest BCUT2D eigenvalue weighted by Gasteiger charge is -2.59. The van der Waals surface area contributed by atoms with E-state index in [1.807, 2.05) is 6.92 Å². The molecule has 0 N–H and O–H groups in total. The van der Waals surface area contributed by atoms with Gasteiger partial charge in [-0.1, -0.05) is 46.0 Å². The number of hydrogen-bond acceptors (Lipinski definition) is 4. The van der Waals surface area contributed by atoms with Crippen LogP contribution in [-0.2, 0) is 19.2 Å². The van der Waals surface area contributed by atoms with Crippen LogP contribution in [0.25, 0.3) is 0 Å².